The molecule has 0 aliphatic carbocycles. The molecule has 2 heterocycles. The lowest BCUT2D eigenvalue weighted by molar-refractivity contribution is -0.0588. The van der Waals surface area contributed by atoms with Gasteiger partial charge in [-0.3, -0.25) is 4.79 Å². The Labute approximate surface area is 95.4 Å². The second kappa shape index (κ2) is 4.37. The third-order valence-corrected chi connectivity index (χ3v) is 2.51. The third kappa shape index (κ3) is 2.00. The number of nitrogens with two attached hydrogens (primary N) is 1. The fraction of sp³-hybridized carbons (Fsp3) is 0.625. The number of carbonyl (C=O) groups excluding carboxylic acids is 1. The van der Waals surface area contributed by atoms with E-state index in [1.54, 1.807) is 0 Å². The van der Waals surface area contributed by atoms with Gasteiger partial charge in [-0.25, -0.2) is 9.67 Å². The Kier molecular flexibility index (Phi) is 3.07. The molecule has 17 heavy (non-hydrogen) atoms. The van der Waals surface area contributed by atoms with E-state index < -0.39 is 37.1 Å². The Hall–Kier alpha value is -1.55. The van der Waals surface area contributed by atoms with Crippen LogP contribution in [-0.2, 0) is 4.74 Å². The summed E-state index contributed by atoms with van der Waals surface area (Å²) in [7, 11) is 0. The smallest absolute Gasteiger partial charge is 0.288 e. The molecule has 1 aliphatic rings. The second-order valence-corrected chi connectivity index (χ2v) is 3.64. The average Bonchev–Trinajstić information content (AvgIpc) is 2.87. The molecule has 0 saturated carbocycles. The van der Waals surface area contributed by atoms with Gasteiger partial charge in [-0.15, -0.1) is 5.10 Å². The van der Waals surface area contributed by atoms with E-state index in [9.17, 15) is 15.0 Å². The molecule has 1 aliphatic heterocycles. The van der Waals surface area contributed by atoms with Gasteiger partial charge in [0.2, 0.25) is 5.82 Å². The van der Waals surface area contributed by atoms with Crippen LogP contribution in [0.15, 0.2) is 6.33 Å². The fourth-order valence-corrected chi connectivity index (χ4v) is 1.61. The van der Waals surface area contributed by atoms with Crippen molar-refractivity contribution in [3.63, 3.8) is 0 Å². The molecule has 1 fully saturated rings. The molecule has 1 aromatic rings. The molecule has 4 atom stereocenters. The van der Waals surface area contributed by atoms with Gasteiger partial charge in [0, 0.05) is 0 Å². The highest BCUT2D eigenvalue weighted by atomic mass is 16.6. The second-order valence-electron chi connectivity index (χ2n) is 3.64. The molecular formula is C8H12N4O5. The van der Waals surface area contributed by atoms with Gasteiger partial charge in [0.25, 0.3) is 5.91 Å². The Bertz CT molecular complexity index is 422. The van der Waals surface area contributed by atoms with Crippen LogP contribution in [0.3, 0.4) is 0 Å². The molecule has 0 aromatic carbocycles. The number of hydrogen-bond acceptors (Lipinski definition) is 7. The van der Waals surface area contributed by atoms with Crippen LogP contribution in [0.2, 0.25) is 0 Å². The van der Waals surface area contributed by atoms with Gasteiger partial charge < -0.3 is 25.8 Å². The van der Waals surface area contributed by atoms with Crippen molar-refractivity contribution in [2.24, 2.45) is 5.73 Å². The van der Waals surface area contributed by atoms with Crippen LogP contribution in [0.1, 0.15) is 16.8 Å². The van der Waals surface area contributed by atoms with E-state index in [1.165, 1.54) is 0 Å². The predicted molar refractivity (Wildman–Crippen MR) is 51.5 cm³/mol. The SMILES string of the molecule is NC(=O)c1ncn([C@@H]2OC(CO)[C@H](O)C2O)n1. The van der Waals surface area contributed by atoms with Crippen molar-refractivity contribution in [1.29, 1.82) is 0 Å². The van der Waals surface area contributed by atoms with E-state index in [-0.39, 0.29) is 5.82 Å². The Morgan fingerprint density at radius 2 is 2.24 bits per heavy atom. The van der Waals surface area contributed by atoms with E-state index in [2.05, 4.69) is 10.1 Å². The average molecular weight is 244 g/mol. The van der Waals surface area contributed by atoms with E-state index in [1.807, 2.05) is 0 Å². The lowest BCUT2D eigenvalue weighted by atomic mass is 10.1. The van der Waals surface area contributed by atoms with Crippen molar-refractivity contribution in [2.75, 3.05) is 6.61 Å². The summed E-state index contributed by atoms with van der Waals surface area (Å²) in [4.78, 5) is 14.4. The Morgan fingerprint density at radius 1 is 1.53 bits per heavy atom. The molecule has 1 saturated heterocycles. The number of aromatic nitrogens is 3. The molecule has 9 heteroatoms. The van der Waals surface area contributed by atoms with Gasteiger partial charge in [0.05, 0.1) is 6.61 Å². The maximum absolute atomic E-state index is 10.8. The highest BCUT2D eigenvalue weighted by Crippen LogP contribution is 2.28. The summed E-state index contributed by atoms with van der Waals surface area (Å²) in [5, 5.41) is 31.8. The molecular weight excluding hydrogens is 232 g/mol. The normalized spacial score (nSPS) is 32.9. The van der Waals surface area contributed by atoms with Crippen LogP contribution in [0.4, 0.5) is 0 Å². The highest BCUT2D eigenvalue weighted by Gasteiger charge is 2.43. The summed E-state index contributed by atoms with van der Waals surface area (Å²) in [6.45, 7) is -0.438. The summed E-state index contributed by atoms with van der Waals surface area (Å²) >= 11 is 0. The van der Waals surface area contributed by atoms with Gasteiger partial charge in [0.15, 0.2) is 6.23 Å². The van der Waals surface area contributed by atoms with Gasteiger partial charge in [-0.2, -0.15) is 0 Å². The van der Waals surface area contributed by atoms with Crippen molar-refractivity contribution in [2.45, 2.75) is 24.5 Å². The van der Waals surface area contributed by atoms with E-state index in [0.29, 0.717) is 0 Å². The minimum atomic E-state index is -1.27. The third-order valence-electron chi connectivity index (χ3n) is 2.51. The van der Waals surface area contributed by atoms with Crippen LogP contribution in [-0.4, -0.2) is 60.9 Å². The van der Waals surface area contributed by atoms with Gasteiger partial charge in [0.1, 0.15) is 24.6 Å². The minimum Gasteiger partial charge on any atom is -0.394 e. The first-order valence-corrected chi connectivity index (χ1v) is 4.88. The van der Waals surface area contributed by atoms with Crippen LogP contribution in [0, 0.1) is 0 Å². The van der Waals surface area contributed by atoms with Gasteiger partial charge >= 0.3 is 0 Å². The first-order chi connectivity index (χ1) is 8.04. The number of aliphatic hydroxyl groups is 3. The van der Waals surface area contributed by atoms with Crippen molar-refractivity contribution >= 4 is 5.91 Å². The number of aliphatic hydroxyl groups excluding tert-OH is 3. The molecule has 1 amide bonds. The lowest BCUT2D eigenvalue weighted by Gasteiger charge is -2.13. The molecule has 0 bridgehead atoms. The zero-order chi connectivity index (χ0) is 12.6. The van der Waals surface area contributed by atoms with Crippen LogP contribution < -0.4 is 5.73 Å². The van der Waals surface area contributed by atoms with Crippen LogP contribution >= 0.6 is 0 Å². The number of nitrogens with zero attached hydrogens (tertiary/aromatic N) is 3. The van der Waals surface area contributed by atoms with Gasteiger partial charge in [-0.1, -0.05) is 0 Å². The molecule has 2 rings (SSSR count). The maximum Gasteiger partial charge on any atom is 0.288 e. The molecule has 94 valence electrons. The first-order valence-electron chi connectivity index (χ1n) is 4.88. The zero-order valence-electron chi connectivity index (χ0n) is 8.67. The minimum absolute atomic E-state index is 0.220. The molecule has 9 nitrogen and oxygen atoms in total. The topological polar surface area (TPSA) is 144 Å². The van der Waals surface area contributed by atoms with E-state index >= 15 is 0 Å². The monoisotopic (exact) mass is 244 g/mol. The molecule has 0 radical (unpaired) electrons. The number of ether oxygens (including phenoxy) is 1. The fourth-order valence-electron chi connectivity index (χ4n) is 1.61. The first kappa shape index (κ1) is 11.9. The standard InChI is InChI=1S/C8H12N4O5/c9-6(16)7-10-2-12(11-7)8-5(15)4(14)3(1-13)17-8/h2-5,8,13-15H,1H2,(H2,9,16)/t3?,4-,5?,8+/m0/s1. The summed E-state index contributed by atoms with van der Waals surface area (Å²) in [5.74, 6) is -1.03. The summed E-state index contributed by atoms with van der Waals surface area (Å²) in [5.41, 5.74) is 4.97. The van der Waals surface area contributed by atoms with Crippen LogP contribution in [0.5, 0.6) is 0 Å². The number of amides is 1. The van der Waals surface area contributed by atoms with Crippen molar-refractivity contribution < 1.29 is 24.9 Å². The zero-order valence-corrected chi connectivity index (χ0v) is 8.67. The number of primary amides is 1. The van der Waals surface area contributed by atoms with Crippen molar-refractivity contribution in [3.05, 3.63) is 12.2 Å². The maximum atomic E-state index is 10.8. The molecule has 1 aromatic heterocycles. The number of rotatable bonds is 3. The summed E-state index contributed by atoms with van der Waals surface area (Å²) in [6.07, 6.45) is -3.26. The summed E-state index contributed by atoms with van der Waals surface area (Å²) in [6, 6.07) is 0. The Balaban J connectivity index is 2.19. The predicted octanol–water partition coefficient (Wildman–Crippen LogP) is -3.01. The van der Waals surface area contributed by atoms with Crippen molar-refractivity contribution in [3.8, 4) is 0 Å². The highest BCUT2D eigenvalue weighted by molar-refractivity contribution is 5.88. The quantitative estimate of drug-likeness (QED) is 0.443. The van der Waals surface area contributed by atoms with Crippen LogP contribution in [0.25, 0.3) is 0 Å². The van der Waals surface area contributed by atoms with E-state index in [4.69, 9.17) is 15.6 Å². The van der Waals surface area contributed by atoms with Crippen molar-refractivity contribution in [1.82, 2.24) is 14.8 Å². The lowest BCUT2D eigenvalue weighted by Crippen LogP contribution is -2.33. The van der Waals surface area contributed by atoms with E-state index in [0.717, 1.165) is 11.0 Å². The number of carbonyl (C=O) groups is 1. The number of hydrogen-bond donors (Lipinski definition) is 4. The Morgan fingerprint density at radius 3 is 2.71 bits per heavy atom. The molecule has 0 spiro atoms. The van der Waals surface area contributed by atoms with Gasteiger partial charge in [-0.05, 0) is 0 Å². The largest absolute Gasteiger partial charge is 0.394 e. The molecule has 5 N–H and O–H groups in total. The summed E-state index contributed by atoms with van der Waals surface area (Å²) < 4.78 is 6.25. The molecule has 2 unspecified atom stereocenters.